The van der Waals surface area contributed by atoms with Gasteiger partial charge in [-0.05, 0) is 42.5 Å². The molecule has 0 unspecified atom stereocenters. The summed E-state index contributed by atoms with van der Waals surface area (Å²) in [6, 6.07) is 13.2. The van der Waals surface area contributed by atoms with E-state index in [0.717, 1.165) is 5.92 Å². The second-order valence-electron chi connectivity index (χ2n) is 3.50. The summed E-state index contributed by atoms with van der Waals surface area (Å²) in [6.45, 7) is 0. The number of hydrogen-bond acceptors (Lipinski definition) is 0. The smallest absolute Gasteiger partial charge is 0.00547 e. The van der Waals surface area contributed by atoms with Gasteiger partial charge in [0.15, 0.2) is 0 Å². The van der Waals surface area contributed by atoms with Crippen molar-refractivity contribution < 1.29 is 0 Å². The van der Waals surface area contributed by atoms with Gasteiger partial charge in [-0.1, -0.05) is 31.4 Å². The van der Waals surface area contributed by atoms with Crippen molar-refractivity contribution in [3.63, 3.8) is 0 Å². The third-order valence-corrected chi connectivity index (χ3v) is 2.63. The van der Waals surface area contributed by atoms with E-state index in [1.165, 1.54) is 37.7 Å². The van der Waals surface area contributed by atoms with Crippen LogP contribution in [0.5, 0.6) is 0 Å². The Morgan fingerprint density at radius 1 is 1.08 bits per heavy atom. The molecule has 61 valence electrons. The van der Waals surface area contributed by atoms with Crippen LogP contribution >= 0.6 is 0 Å². The van der Waals surface area contributed by atoms with Gasteiger partial charge < -0.3 is 0 Å². The lowest BCUT2D eigenvalue weighted by Gasteiger charge is -2.21. The molecule has 1 fully saturated rings. The van der Waals surface area contributed by atoms with Gasteiger partial charge in [0.25, 0.3) is 0 Å². The largest absolute Gasteiger partial charge is 0.0534 e. The molecular formula is C12H13. The van der Waals surface area contributed by atoms with E-state index in [1.807, 2.05) is 12.1 Å². The molecule has 0 bridgehead atoms. The van der Waals surface area contributed by atoms with E-state index >= 15 is 0 Å². The molecule has 0 aliphatic heterocycles. The maximum Gasteiger partial charge on any atom is -0.00547 e. The lowest BCUT2D eigenvalue weighted by Crippen LogP contribution is -2.04. The molecule has 0 heteroatoms. The van der Waals surface area contributed by atoms with Crippen LogP contribution in [-0.2, 0) is 0 Å². The standard InChI is InChI=1S/C12H13/c1-3-7-11(8-4-1)12-9-5-2-6-10-12/h1,3,12H,2,5-6,9-10H2. The third kappa shape index (κ3) is 1.69. The first-order valence-electron chi connectivity index (χ1n) is 4.77. The summed E-state index contributed by atoms with van der Waals surface area (Å²) >= 11 is 0. The maximum absolute atomic E-state index is 3.25. The number of benzene rings is 1. The van der Waals surface area contributed by atoms with E-state index < -0.39 is 0 Å². The zero-order valence-corrected chi connectivity index (χ0v) is 7.27. The fourth-order valence-electron chi connectivity index (χ4n) is 1.94. The molecule has 1 aliphatic rings. The average Bonchev–Trinajstić information content (AvgIpc) is 2.21. The monoisotopic (exact) mass is 157 g/mol. The van der Waals surface area contributed by atoms with Crippen molar-refractivity contribution in [1.29, 1.82) is 0 Å². The van der Waals surface area contributed by atoms with Crippen molar-refractivity contribution in [3.05, 3.63) is 35.9 Å². The molecule has 0 aromatic heterocycles. The van der Waals surface area contributed by atoms with Crippen molar-refractivity contribution in [3.8, 4) is 0 Å². The minimum Gasteiger partial charge on any atom is -0.0534 e. The second-order valence-corrected chi connectivity index (χ2v) is 3.50. The van der Waals surface area contributed by atoms with Crippen LogP contribution in [0.2, 0.25) is 0 Å². The zero-order chi connectivity index (χ0) is 8.23. The third-order valence-electron chi connectivity index (χ3n) is 2.63. The van der Waals surface area contributed by atoms with Crippen LogP contribution in [0, 0.1) is 18.2 Å². The molecule has 0 saturated heterocycles. The lowest BCUT2D eigenvalue weighted by atomic mass is 9.84. The van der Waals surface area contributed by atoms with Crippen LogP contribution in [0.3, 0.4) is 0 Å². The van der Waals surface area contributed by atoms with E-state index in [0.29, 0.717) is 0 Å². The van der Waals surface area contributed by atoms with Gasteiger partial charge in [0.05, 0.1) is 0 Å². The minimum absolute atomic E-state index is 0.719. The normalized spacial score (nSPS) is 19.3. The molecule has 0 atom stereocenters. The SMILES string of the molecule is [c]1[c]c(C2CCCCC2)[c]cc1. The van der Waals surface area contributed by atoms with Crippen LogP contribution in [0.15, 0.2) is 12.1 Å². The highest BCUT2D eigenvalue weighted by molar-refractivity contribution is 5.15. The predicted octanol–water partition coefficient (Wildman–Crippen LogP) is 3.13. The summed E-state index contributed by atoms with van der Waals surface area (Å²) in [5, 5.41) is 0. The molecule has 12 heavy (non-hydrogen) atoms. The molecule has 1 saturated carbocycles. The van der Waals surface area contributed by atoms with Crippen molar-refractivity contribution >= 4 is 0 Å². The van der Waals surface area contributed by atoms with E-state index in [9.17, 15) is 0 Å². The molecule has 0 heterocycles. The van der Waals surface area contributed by atoms with Gasteiger partial charge in [-0.3, -0.25) is 0 Å². The van der Waals surface area contributed by atoms with E-state index in [2.05, 4.69) is 18.2 Å². The second kappa shape index (κ2) is 3.75. The maximum atomic E-state index is 3.25. The Morgan fingerprint density at radius 3 is 2.58 bits per heavy atom. The first-order chi connectivity index (χ1) is 5.97. The van der Waals surface area contributed by atoms with Gasteiger partial charge >= 0.3 is 0 Å². The van der Waals surface area contributed by atoms with Gasteiger partial charge in [0, 0.05) is 0 Å². The van der Waals surface area contributed by atoms with Crippen LogP contribution in [0.4, 0.5) is 0 Å². The van der Waals surface area contributed by atoms with Crippen LogP contribution in [0.1, 0.15) is 43.6 Å². The zero-order valence-electron chi connectivity index (χ0n) is 7.27. The molecule has 3 radical (unpaired) electrons. The van der Waals surface area contributed by atoms with Crippen molar-refractivity contribution in [1.82, 2.24) is 0 Å². The molecular weight excluding hydrogens is 144 g/mol. The lowest BCUT2D eigenvalue weighted by molar-refractivity contribution is 0.443. The Balaban J connectivity index is 2.08. The van der Waals surface area contributed by atoms with Gasteiger partial charge in [0.1, 0.15) is 0 Å². The van der Waals surface area contributed by atoms with Gasteiger partial charge in [-0.25, -0.2) is 0 Å². The van der Waals surface area contributed by atoms with Gasteiger partial charge in [0.2, 0.25) is 0 Å². The highest BCUT2D eigenvalue weighted by atomic mass is 14.2. The summed E-state index contributed by atoms with van der Waals surface area (Å²) in [5.74, 6) is 0.719. The molecule has 1 aromatic rings. The van der Waals surface area contributed by atoms with Crippen molar-refractivity contribution in [2.24, 2.45) is 0 Å². The number of rotatable bonds is 1. The molecule has 0 N–H and O–H groups in total. The van der Waals surface area contributed by atoms with E-state index in [4.69, 9.17) is 0 Å². The van der Waals surface area contributed by atoms with Crippen molar-refractivity contribution in [2.75, 3.05) is 0 Å². The van der Waals surface area contributed by atoms with Gasteiger partial charge in [-0.2, -0.15) is 0 Å². The summed E-state index contributed by atoms with van der Waals surface area (Å²) < 4.78 is 0. The molecule has 2 rings (SSSR count). The first kappa shape index (κ1) is 7.85. The topological polar surface area (TPSA) is 0 Å². The average molecular weight is 157 g/mol. The Hall–Kier alpha value is -0.780. The highest BCUT2D eigenvalue weighted by Gasteiger charge is 2.14. The summed E-state index contributed by atoms with van der Waals surface area (Å²) in [7, 11) is 0. The molecule has 1 aromatic carbocycles. The predicted molar refractivity (Wildman–Crippen MR) is 48.8 cm³/mol. The van der Waals surface area contributed by atoms with Gasteiger partial charge in [-0.15, -0.1) is 0 Å². The molecule has 0 nitrogen and oxygen atoms in total. The Morgan fingerprint density at radius 2 is 1.92 bits per heavy atom. The fraction of sp³-hybridized carbons (Fsp3) is 0.500. The number of hydrogen-bond donors (Lipinski definition) is 0. The molecule has 0 spiro atoms. The highest BCUT2D eigenvalue weighted by Crippen LogP contribution is 2.31. The summed E-state index contributed by atoms with van der Waals surface area (Å²) in [5.41, 5.74) is 1.25. The quantitative estimate of drug-likeness (QED) is 0.587. The van der Waals surface area contributed by atoms with Crippen LogP contribution < -0.4 is 0 Å². The van der Waals surface area contributed by atoms with Crippen molar-refractivity contribution in [2.45, 2.75) is 38.0 Å². The first-order valence-corrected chi connectivity index (χ1v) is 4.77. The Labute approximate surface area is 74.6 Å². The van der Waals surface area contributed by atoms with Crippen LogP contribution in [-0.4, -0.2) is 0 Å². The molecule has 0 amide bonds. The summed E-state index contributed by atoms with van der Waals surface area (Å²) in [6.07, 6.45) is 6.81. The Kier molecular flexibility index (Phi) is 2.45. The molecule has 1 aliphatic carbocycles. The fourth-order valence-corrected chi connectivity index (χ4v) is 1.94. The minimum atomic E-state index is 0.719. The Bertz CT molecular complexity index is 219. The van der Waals surface area contributed by atoms with E-state index in [1.54, 1.807) is 0 Å². The van der Waals surface area contributed by atoms with Crippen LogP contribution in [0.25, 0.3) is 0 Å². The summed E-state index contributed by atoms with van der Waals surface area (Å²) in [4.78, 5) is 0. The van der Waals surface area contributed by atoms with E-state index in [-0.39, 0.29) is 0 Å².